The lowest BCUT2D eigenvalue weighted by Gasteiger charge is -2.17. The predicted octanol–water partition coefficient (Wildman–Crippen LogP) is 2.41. The molecule has 3 rings (SSSR count). The molecule has 0 radical (unpaired) electrons. The number of hydrogen-bond donors (Lipinski definition) is 1. The average molecular weight is 372 g/mol. The predicted molar refractivity (Wildman–Crippen MR) is 94.6 cm³/mol. The summed E-state index contributed by atoms with van der Waals surface area (Å²) in [4.78, 5) is 24.0. The third kappa shape index (κ3) is 3.88. The molecule has 0 saturated heterocycles. The van der Waals surface area contributed by atoms with Gasteiger partial charge < -0.3 is 24.1 Å². The zero-order chi connectivity index (χ0) is 19.4. The summed E-state index contributed by atoms with van der Waals surface area (Å²) in [6.07, 6.45) is -2.78. The number of carbonyl (C=O) groups excluding carboxylic acids is 2. The SMILES string of the molecule is CCOC(=O)[C@@H](O)[C@@H]1OC(=O)c2cc(OC)c(OCc3ccccc3)cc21. The fourth-order valence-electron chi connectivity index (χ4n) is 2.82. The van der Waals surface area contributed by atoms with E-state index in [9.17, 15) is 14.7 Å². The number of aliphatic hydroxyl groups excluding tert-OH is 1. The second-order valence-corrected chi connectivity index (χ2v) is 5.89. The van der Waals surface area contributed by atoms with Crippen LogP contribution in [0.5, 0.6) is 11.5 Å². The van der Waals surface area contributed by atoms with Crippen LogP contribution in [0.3, 0.4) is 0 Å². The molecule has 0 saturated carbocycles. The molecule has 1 aliphatic rings. The van der Waals surface area contributed by atoms with E-state index >= 15 is 0 Å². The van der Waals surface area contributed by atoms with Crippen LogP contribution in [0.15, 0.2) is 42.5 Å². The molecule has 142 valence electrons. The van der Waals surface area contributed by atoms with Crippen LogP contribution in [0.1, 0.15) is 34.5 Å². The highest BCUT2D eigenvalue weighted by atomic mass is 16.6. The highest BCUT2D eigenvalue weighted by Gasteiger charge is 2.41. The van der Waals surface area contributed by atoms with E-state index in [2.05, 4.69) is 0 Å². The summed E-state index contributed by atoms with van der Waals surface area (Å²) in [5.41, 5.74) is 1.52. The van der Waals surface area contributed by atoms with Gasteiger partial charge in [0.25, 0.3) is 0 Å². The summed E-state index contributed by atoms with van der Waals surface area (Å²) in [6.45, 7) is 2.02. The summed E-state index contributed by atoms with van der Waals surface area (Å²) in [7, 11) is 1.46. The zero-order valence-corrected chi connectivity index (χ0v) is 15.0. The van der Waals surface area contributed by atoms with Crippen molar-refractivity contribution in [3.63, 3.8) is 0 Å². The van der Waals surface area contributed by atoms with E-state index in [1.165, 1.54) is 13.2 Å². The smallest absolute Gasteiger partial charge is 0.339 e. The van der Waals surface area contributed by atoms with Gasteiger partial charge in [-0.1, -0.05) is 30.3 Å². The summed E-state index contributed by atoms with van der Waals surface area (Å²) >= 11 is 0. The van der Waals surface area contributed by atoms with Gasteiger partial charge in [-0.25, -0.2) is 9.59 Å². The minimum Gasteiger partial charge on any atom is -0.493 e. The van der Waals surface area contributed by atoms with Gasteiger partial charge in [0.15, 0.2) is 23.7 Å². The molecule has 1 N–H and O–H groups in total. The molecular formula is C20H20O7. The van der Waals surface area contributed by atoms with Crippen molar-refractivity contribution in [1.82, 2.24) is 0 Å². The molecule has 0 amide bonds. The Balaban J connectivity index is 1.89. The number of cyclic esters (lactones) is 1. The number of fused-ring (bicyclic) bond motifs is 1. The number of carbonyl (C=O) groups is 2. The fraction of sp³-hybridized carbons (Fsp3) is 0.300. The summed E-state index contributed by atoms with van der Waals surface area (Å²) in [5, 5.41) is 10.2. The van der Waals surface area contributed by atoms with Crippen LogP contribution in [0.25, 0.3) is 0 Å². The van der Waals surface area contributed by atoms with Crippen LogP contribution in [-0.2, 0) is 20.9 Å². The van der Waals surface area contributed by atoms with E-state index in [1.807, 2.05) is 30.3 Å². The van der Waals surface area contributed by atoms with Gasteiger partial charge in [0, 0.05) is 5.56 Å². The minimum absolute atomic E-state index is 0.109. The van der Waals surface area contributed by atoms with Crippen LogP contribution in [-0.4, -0.2) is 36.9 Å². The molecule has 7 heteroatoms. The first-order valence-corrected chi connectivity index (χ1v) is 8.49. The number of ether oxygens (including phenoxy) is 4. The molecule has 2 atom stereocenters. The van der Waals surface area contributed by atoms with Crippen molar-refractivity contribution < 1.29 is 33.6 Å². The molecule has 1 aliphatic heterocycles. The van der Waals surface area contributed by atoms with Crippen LogP contribution >= 0.6 is 0 Å². The monoisotopic (exact) mass is 372 g/mol. The molecule has 7 nitrogen and oxygen atoms in total. The van der Waals surface area contributed by atoms with E-state index < -0.39 is 24.1 Å². The first-order chi connectivity index (χ1) is 13.0. The van der Waals surface area contributed by atoms with Crippen LogP contribution < -0.4 is 9.47 Å². The third-order valence-corrected chi connectivity index (χ3v) is 4.15. The van der Waals surface area contributed by atoms with Gasteiger partial charge in [0.1, 0.15) is 6.61 Å². The van der Waals surface area contributed by atoms with Crippen LogP contribution in [0.2, 0.25) is 0 Å². The molecule has 2 aromatic carbocycles. The number of esters is 2. The molecule has 2 aromatic rings. The van der Waals surface area contributed by atoms with E-state index in [0.717, 1.165) is 5.56 Å². The fourth-order valence-corrected chi connectivity index (χ4v) is 2.82. The number of aliphatic hydroxyl groups is 1. The minimum atomic E-state index is -1.62. The molecule has 0 unspecified atom stereocenters. The Labute approximate surface area is 156 Å². The van der Waals surface area contributed by atoms with Gasteiger partial charge in [-0.2, -0.15) is 0 Å². The van der Waals surface area contributed by atoms with Crippen molar-refractivity contribution in [1.29, 1.82) is 0 Å². The Morgan fingerprint density at radius 2 is 1.96 bits per heavy atom. The van der Waals surface area contributed by atoms with E-state index in [1.54, 1.807) is 13.0 Å². The van der Waals surface area contributed by atoms with Crippen molar-refractivity contribution >= 4 is 11.9 Å². The average Bonchev–Trinajstić information content (AvgIpc) is 3.01. The molecule has 1 heterocycles. The Hall–Kier alpha value is -3.06. The standard InChI is InChI=1S/C20H20O7/c1-3-25-20(23)17(21)18-13-9-16(26-11-12-7-5-4-6-8-12)15(24-2)10-14(13)19(22)27-18/h4-10,17-18,21H,3,11H2,1-2H3/t17-,18+/m0/s1. The second-order valence-electron chi connectivity index (χ2n) is 5.89. The molecule has 0 bridgehead atoms. The lowest BCUT2D eigenvalue weighted by Crippen LogP contribution is -2.30. The molecule has 0 spiro atoms. The van der Waals surface area contributed by atoms with Gasteiger partial charge in [-0.05, 0) is 24.6 Å². The summed E-state index contributed by atoms with van der Waals surface area (Å²) in [6, 6.07) is 12.6. The normalized spacial score (nSPS) is 16.3. The molecule has 0 aromatic heterocycles. The first-order valence-electron chi connectivity index (χ1n) is 8.49. The topological polar surface area (TPSA) is 91.3 Å². The van der Waals surface area contributed by atoms with Gasteiger partial charge in [0.05, 0.1) is 19.3 Å². The lowest BCUT2D eigenvalue weighted by atomic mass is 10.0. The zero-order valence-electron chi connectivity index (χ0n) is 15.0. The second kappa shape index (κ2) is 8.09. The molecule has 0 aliphatic carbocycles. The number of methoxy groups -OCH3 is 1. The lowest BCUT2D eigenvalue weighted by molar-refractivity contribution is -0.159. The van der Waals surface area contributed by atoms with Gasteiger partial charge in [-0.15, -0.1) is 0 Å². The summed E-state index contributed by atoms with van der Waals surface area (Å²) < 4.78 is 21.1. The van der Waals surface area contributed by atoms with E-state index in [4.69, 9.17) is 18.9 Å². The molecule has 27 heavy (non-hydrogen) atoms. The number of hydrogen-bond acceptors (Lipinski definition) is 7. The highest BCUT2D eigenvalue weighted by Crippen LogP contribution is 2.41. The quantitative estimate of drug-likeness (QED) is 0.746. The van der Waals surface area contributed by atoms with Gasteiger partial charge >= 0.3 is 11.9 Å². The van der Waals surface area contributed by atoms with Crippen molar-refractivity contribution in [3.05, 3.63) is 59.2 Å². The highest BCUT2D eigenvalue weighted by molar-refractivity contribution is 5.96. The maximum atomic E-state index is 12.1. The van der Waals surface area contributed by atoms with Gasteiger partial charge in [0.2, 0.25) is 0 Å². The number of benzene rings is 2. The Bertz CT molecular complexity index is 832. The van der Waals surface area contributed by atoms with Crippen molar-refractivity contribution in [3.8, 4) is 11.5 Å². The van der Waals surface area contributed by atoms with Gasteiger partial charge in [-0.3, -0.25) is 0 Å². The number of rotatable bonds is 7. The first kappa shape index (κ1) is 18.7. The van der Waals surface area contributed by atoms with E-state index in [-0.39, 0.29) is 18.8 Å². The van der Waals surface area contributed by atoms with Crippen LogP contribution in [0, 0.1) is 0 Å². The van der Waals surface area contributed by atoms with Crippen LogP contribution in [0.4, 0.5) is 0 Å². The Kier molecular flexibility index (Phi) is 5.61. The maximum Gasteiger partial charge on any atom is 0.339 e. The molecule has 0 fully saturated rings. The third-order valence-electron chi connectivity index (χ3n) is 4.15. The Morgan fingerprint density at radius 1 is 1.22 bits per heavy atom. The van der Waals surface area contributed by atoms with Crippen molar-refractivity contribution in [2.45, 2.75) is 25.7 Å². The maximum absolute atomic E-state index is 12.1. The van der Waals surface area contributed by atoms with E-state index in [0.29, 0.717) is 17.1 Å². The Morgan fingerprint density at radius 3 is 2.63 bits per heavy atom. The van der Waals surface area contributed by atoms with Crippen molar-refractivity contribution in [2.75, 3.05) is 13.7 Å². The molecular weight excluding hydrogens is 352 g/mol. The van der Waals surface area contributed by atoms with Crippen molar-refractivity contribution in [2.24, 2.45) is 0 Å². The largest absolute Gasteiger partial charge is 0.493 e. The summed E-state index contributed by atoms with van der Waals surface area (Å²) in [5.74, 6) is -0.774.